The standard InChI is InChI=1S/C19H27N3O6S/c1-14-7-8-15(29(26,27)22-9-5-4-6-10-22)11-16(14)19(25)28-13-17(23)20-12-18(24)21(2)3/h7-8,11H,4-6,9-10,12-13H2,1-3H3,(H,20,23). The molecule has 0 unspecified atom stereocenters. The summed E-state index contributed by atoms with van der Waals surface area (Å²) in [6.07, 6.45) is 2.62. The maximum atomic E-state index is 12.8. The summed E-state index contributed by atoms with van der Waals surface area (Å²) in [6.45, 7) is 1.81. The van der Waals surface area contributed by atoms with Crippen LogP contribution in [-0.2, 0) is 24.3 Å². The molecule has 9 nitrogen and oxygen atoms in total. The monoisotopic (exact) mass is 425 g/mol. The number of nitrogens with zero attached hydrogens (tertiary/aromatic N) is 2. The number of carbonyl (C=O) groups is 3. The lowest BCUT2D eigenvalue weighted by Gasteiger charge is -2.26. The molecule has 0 aliphatic carbocycles. The third-order valence-electron chi connectivity index (χ3n) is 4.65. The van der Waals surface area contributed by atoms with Crippen LogP contribution in [0.3, 0.4) is 0 Å². The van der Waals surface area contributed by atoms with E-state index in [9.17, 15) is 22.8 Å². The summed E-state index contributed by atoms with van der Waals surface area (Å²) < 4.78 is 32.0. The second-order valence-corrected chi connectivity index (χ2v) is 9.02. The van der Waals surface area contributed by atoms with E-state index < -0.39 is 28.5 Å². The molecule has 2 amide bonds. The van der Waals surface area contributed by atoms with Crippen LogP contribution in [0.4, 0.5) is 0 Å². The number of carbonyl (C=O) groups excluding carboxylic acids is 3. The van der Waals surface area contributed by atoms with Crippen molar-refractivity contribution in [3.05, 3.63) is 29.3 Å². The molecule has 0 aromatic heterocycles. The van der Waals surface area contributed by atoms with Crippen LogP contribution >= 0.6 is 0 Å². The van der Waals surface area contributed by atoms with Crippen molar-refractivity contribution in [1.29, 1.82) is 0 Å². The zero-order valence-corrected chi connectivity index (χ0v) is 17.8. The van der Waals surface area contributed by atoms with Crippen LogP contribution in [-0.4, -0.2) is 75.7 Å². The Kier molecular flexibility index (Phi) is 7.74. The predicted octanol–water partition coefficient (Wildman–Crippen LogP) is 0.531. The predicted molar refractivity (Wildman–Crippen MR) is 106 cm³/mol. The molecule has 0 radical (unpaired) electrons. The molecule has 1 saturated heterocycles. The Morgan fingerprint density at radius 2 is 1.79 bits per heavy atom. The van der Waals surface area contributed by atoms with Gasteiger partial charge in [0.05, 0.1) is 17.0 Å². The van der Waals surface area contributed by atoms with Gasteiger partial charge < -0.3 is 15.0 Å². The highest BCUT2D eigenvalue weighted by molar-refractivity contribution is 7.89. The number of likely N-dealkylation sites (N-methyl/N-ethyl adjacent to an activating group) is 1. The highest BCUT2D eigenvalue weighted by Crippen LogP contribution is 2.23. The quantitative estimate of drug-likeness (QED) is 0.638. The molecule has 160 valence electrons. The van der Waals surface area contributed by atoms with Gasteiger partial charge in [0.2, 0.25) is 15.9 Å². The molecule has 0 atom stereocenters. The van der Waals surface area contributed by atoms with E-state index >= 15 is 0 Å². The molecular weight excluding hydrogens is 398 g/mol. The largest absolute Gasteiger partial charge is 0.452 e. The van der Waals surface area contributed by atoms with Crippen molar-refractivity contribution in [3.63, 3.8) is 0 Å². The van der Waals surface area contributed by atoms with E-state index in [0.717, 1.165) is 19.3 Å². The van der Waals surface area contributed by atoms with E-state index in [1.807, 2.05) is 0 Å². The molecule has 1 fully saturated rings. The minimum atomic E-state index is -3.69. The van der Waals surface area contributed by atoms with E-state index in [4.69, 9.17) is 4.74 Å². The zero-order chi connectivity index (χ0) is 21.6. The number of hydrogen-bond acceptors (Lipinski definition) is 6. The van der Waals surface area contributed by atoms with Gasteiger partial charge in [-0.25, -0.2) is 13.2 Å². The topological polar surface area (TPSA) is 113 Å². The number of nitrogens with one attached hydrogen (secondary N) is 1. The number of esters is 1. The minimum absolute atomic E-state index is 0.0259. The third kappa shape index (κ3) is 6.01. The average Bonchev–Trinajstić information content (AvgIpc) is 2.70. The fraction of sp³-hybridized carbons (Fsp3) is 0.526. The first-order chi connectivity index (χ1) is 13.6. The Hall–Kier alpha value is -2.46. The number of amides is 2. The van der Waals surface area contributed by atoms with E-state index in [1.165, 1.54) is 21.3 Å². The number of hydrogen-bond donors (Lipinski definition) is 1. The number of aryl methyl sites for hydroxylation is 1. The van der Waals surface area contributed by atoms with Gasteiger partial charge in [-0.1, -0.05) is 12.5 Å². The van der Waals surface area contributed by atoms with E-state index in [0.29, 0.717) is 18.7 Å². The van der Waals surface area contributed by atoms with Gasteiger partial charge in [-0.15, -0.1) is 0 Å². The summed E-state index contributed by atoms with van der Waals surface area (Å²) in [5.74, 6) is -1.72. The number of ether oxygens (including phenoxy) is 1. The zero-order valence-electron chi connectivity index (χ0n) is 16.9. The summed E-state index contributed by atoms with van der Waals surface area (Å²) >= 11 is 0. The maximum absolute atomic E-state index is 12.8. The second-order valence-electron chi connectivity index (χ2n) is 7.08. The van der Waals surface area contributed by atoms with Gasteiger partial charge >= 0.3 is 5.97 Å². The van der Waals surface area contributed by atoms with Gasteiger partial charge in [0.15, 0.2) is 6.61 Å². The number of sulfonamides is 1. The highest BCUT2D eigenvalue weighted by Gasteiger charge is 2.27. The minimum Gasteiger partial charge on any atom is -0.452 e. The Morgan fingerprint density at radius 1 is 1.14 bits per heavy atom. The van der Waals surface area contributed by atoms with E-state index in [-0.39, 0.29) is 22.9 Å². The summed E-state index contributed by atoms with van der Waals surface area (Å²) in [6, 6.07) is 4.30. The molecule has 29 heavy (non-hydrogen) atoms. The van der Waals surface area contributed by atoms with Gasteiger partial charge in [-0.3, -0.25) is 9.59 Å². The molecule has 0 saturated carbocycles. The van der Waals surface area contributed by atoms with Gasteiger partial charge in [0.1, 0.15) is 0 Å². The molecule has 1 heterocycles. The van der Waals surface area contributed by atoms with Crippen molar-refractivity contribution in [2.24, 2.45) is 0 Å². The first-order valence-electron chi connectivity index (χ1n) is 9.37. The van der Waals surface area contributed by atoms with Gasteiger partial charge in [-0.05, 0) is 37.5 Å². The van der Waals surface area contributed by atoms with Gasteiger partial charge in [-0.2, -0.15) is 4.31 Å². The first-order valence-corrected chi connectivity index (χ1v) is 10.8. The van der Waals surface area contributed by atoms with Gasteiger partial charge in [0, 0.05) is 27.2 Å². The number of rotatable bonds is 7. The Morgan fingerprint density at radius 3 is 2.41 bits per heavy atom. The van der Waals surface area contributed by atoms with Crippen molar-refractivity contribution in [2.45, 2.75) is 31.1 Å². The molecule has 1 aromatic rings. The fourth-order valence-electron chi connectivity index (χ4n) is 2.83. The molecule has 10 heteroatoms. The smallest absolute Gasteiger partial charge is 0.338 e. The summed E-state index contributed by atoms with van der Waals surface area (Å²) in [7, 11) is -0.573. The lowest BCUT2D eigenvalue weighted by molar-refractivity contribution is -0.131. The second kappa shape index (κ2) is 9.84. The Balaban J connectivity index is 2.04. The molecule has 1 aliphatic rings. The van der Waals surface area contributed by atoms with Crippen LogP contribution in [0.5, 0.6) is 0 Å². The first kappa shape index (κ1) is 22.8. The van der Waals surface area contributed by atoms with E-state index in [1.54, 1.807) is 27.1 Å². The summed E-state index contributed by atoms with van der Waals surface area (Å²) in [4.78, 5) is 37.0. The van der Waals surface area contributed by atoms with Crippen LogP contribution in [0.25, 0.3) is 0 Å². The molecular formula is C19H27N3O6S. The van der Waals surface area contributed by atoms with Crippen LogP contribution in [0, 0.1) is 6.92 Å². The number of benzene rings is 1. The van der Waals surface area contributed by atoms with Crippen molar-refractivity contribution in [3.8, 4) is 0 Å². The Labute approximate surface area is 171 Å². The molecule has 1 aromatic carbocycles. The molecule has 1 aliphatic heterocycles. The van der Waals surface area contributed by atoms with Crippen molar-refractivity contribution >= 4 is 27.8 Å². The van der Waals surface area contributed by atoms with Crippen LogP contribution in [0.1, 0.15) is 35.2 Å². The normalized spacial score (nSPS) is 14.9. The molecule has 0 bridgehead atoms. The lowest BCUT2D eigenvalue weighted by atomic mass is 10.1. The van der Waals surface area contributed by atoms with Gasteiger partial charge in [0.25, 0.3) is 5.91 Å². The highest BCUT2D eigenvalue weighted by atomic mass is 32.2. The van der Waals surface area contributed by atoms with Crippen molar-refractivity contribution in [2.75, 3.05) is 40.3 Å². The SMILES string of the molecule is Cc1ccc(S(=O)(=O)N2CCCCC2)cc1C(=O)OCC(=O)NCC(=O)N(C)C. The van der Waals surface area contributed by atoms with Crippen LogP contribution < -0.4 is 5.32 Å². The Bertz CT molecular complexity index is 876. The summed E-state index contributed by atoms with van der Waals surface area (Å²) in [5.41, 5.74) is 0.621. The van der Waals surface area contributed by atoms with Crippen molar-refractivity contribution < 1.29 is 27.5 Å². The summed E-state index contributed by atoms with van der Waals surface area (Å²) in [5, 5.41) is 2.35. The number of piperidine rings is 1. The molecule has 0 spiro atoms. The van der Waals surface area contributed by atoms with E-state index in [2.05, 4.69) is 5.32 Å². The molecule has 1 N–H and O–H groups in total. The maximum Gasteiger partial charge on any atom is 0.338 e. The van der Waals surface area contributed by atoms with Crippen LogP contribution in [0.2, 0.25) is 0 Å². The lowest BCUT2D eigenvalue weighted by Crippen LogP contribution is -2.38. The third-order valence-corrected chi connectivity index (χ3v) is 6.55. The van der Waals surface area contributed by atoms with Crippen LogP contribution in [0.15, 0.2) is 23.1 Å². The van der Waals surface area contributed by atoms with Crippen molar-refractivity contribution in [1.82, 2.24) is 14.5 Å². The molecule has 2 rings (SSSR count). The average molecular weight is 426 g/mol. The fourth-order valence-corrected chi connectivity index (χ4v) is 4.37.